The van der Waals surface area contributed by atoms with Gasteiger partial charge in [0, 0.05) is 6.04 Å². The van der Waals surface area contributed by atoms with E-state index in [0.717, 1.165) is 0 Å². The molecule has 0 aromatic rings. The van der Waals surface area contributed by atoms with Crippen LogP contribution in [0.1, 0.15) is 26.7 Å². The van der Waals surface area contributed by atoms with Crippen molar-refractivity contribution >= 4 is 5.97 Å². The molecule has 3 nitrogen and oxygen atoms in total. The van der Waals surface area contributed by atoms with Gasteiger partial charge in [0.25, 0.3) is 0 Å². The number of nitrogens with one attached hydrogen (secondary N) is 1. The zero-order valence-corrected chi connectivity index (χ0v) is 9.02. The van der Waals surface area contributed by atoms with Crippen LogP contribution in [0.25, 0.3) is 0 Å². The molecule has 0 heterocycles. The standard InChI is InChI=1S/C9H16F3NO2/c1-4-7(8(14)15-3)13-6(2)5-9(10,11)12/h6-7,13H,4-5H2,1-3H3. The lowest BCUT2D eigenvalue weighted by molar-refractivity contribution is -0.147. The zero-order valence-electron chi connectivity index (χ0n) is 9.02. The summed E-state index contributed by atoms with van der Waals surface area (Å²) in [5.74, 6) is -0.536. The Labute approximate surface area is 87.0 Å². The van der Waals surface area contributed by atoms with Crippen molar-refractivity contribution < 1.29 is 22.7 Å². The van der Waals surface area contributed by atoms with Crippen LogP contribution in [0.15, 0.2) is 0 Å². The van der Waals surface area contributed by atoms with Crippen molar-refractivity contribution in [2.75, 3.05) is 7.11 Å². The molecule has 0 bridgehead atoms. The molecule has 0 aliphatic heterocycles. The summed E-state index contributed by atoms with van der Waals surface area (Å²) >= 11 is 0. The van der Waals surface area contributed by atoms with E-state index >= 15 is 0 Å². The second kappa shape index (κ2) is 5.95. The predicted molar refractivity (Wildman–Crippen MR) is 49.4 cm³/mol. The highest BCUT2D eigenvalue weighted by Crippen LogP contribution is 2.21. The first-order valence-electron chi connectivity index (χ1n) is 4.70. The van der Waals surface area contributed by atoms with Crippen LogP contribution in [0.4, 0.5) is 13.2 Å². The van der Waals surface area contributed by atoms with Crippen molar-refractivity contribution in [3.63, 3.8) is 0 Å². The topological polar surface area (TPSA) is 38.3 Å². The Morgan fingerprint density at radius 2 is 2.00 bits per heavy atom. The van der Waals surface area contributed by atoms with Crippen LogP contribution < -0.4 is 5.32 Å². The summed E-state index contributed by atoms with van der Waals surface area (Å²) in [5, 5.41) is 2.58. The van der Waals surface area contributed by atoms with E-state index in [2.05, 4.69) is 10.1 Å². The number of carbonyl (C=O) groups is 1. The third-order valence-corrected chi connectivity index (χ3v) is 1.92. The molecule has 0 saturated heterocycles. The molecule has 2 atom stereocenters. The molecule has 2 unspecified atom stereocenters. The van der Waals surface area contributed by atoms with Crippen LogP contribution in [0.2, 0.25) is 0 Å². The number of hydrogen-bond donors (Lipinski definition) is 1. The molecule has 1 N–H and O–H groups in total. The highest BCUT2D eigenvalue weighted by molar-refractivity contribution is 5.75. The van der Waals surface area contributed by atoms with Gasteiger partial charge in [-0.25, -0.2) is 0 Å². The Morgan fingerprint density at radius 1 is 1.47 bits per heavy atom. The van der Waals surface area contributed by atoms with Gasteiger partial charge in [-0.1, -0.05) is 6.92 Å². The lowest BCUT2D eigenvalue weighted by Gasteiger charge is -2.21. The van der Waals surface area contributed by atoms with E-state index in [9.17, 15) is 18.0 Å². The molecule has 0 aromatic heterocycles. The SMILES string of the molecule is CCC(NC(C)CC(F)(F)F)C(=O)OC. The lowest BCUT2D eigenvalue weighted by Crippen LogP contribution is -2.43. The normalized spacial score (nSPS) is 15.9. The monoisotopic (exact) mass is 227 g/mol. The Kier molecular flexibility index (Phi) is 5.64. The summed E-state index contributed by atoms with van der Waals surface area (Å²) < 4.78 is 40.4. The predicted octanol–water partition coefficient (Wildman–Crippen LogP) is 1.87. The average Bonchev–Trinajstić information content (AvgIpc) is 2.10. The number of esters is 1. The highest BCUT2D eigenvalue weighted by Gasteiger charge is 2.31. The molecule has 0 fully saturated rings. The van der Waals surface area contributed by atoms with Crippen molar-refractivity contribution in [2.45, 2.75) is 44.9 Å². The fraction of sp³-hybridized carbons (Fsp3) is 0.889. The first-order valence-corrected chi connectivity index (χ1v) is 4.70. The zero-order chi connectivity index (χ0) is 12.1. The molecule has 0 rings (SSSR count). The number of rotatable bonds is 5. The van der Waals surface area contributed by atoms with Gasteiger partial charge >= 0.3 is 12.1 Å². The molecule has 0 aromatic carbocycles. The van der Waals surface area contributed by atoms with Crippen molar-refractivity contribution in [3.05, 3.63) is 0 Å². The van der Waals surface area contributed by atoms with Gasteiger partial charge in [0.1, 0.15) is 6.04 Å². The Bertz CT molecular complexity index is 206. The van der Waals surface area contributed by atoms with E-state index in [-0.39, 0.29) is 0 Å². The van der Waals surface area contributed by atoms with Gasteiger partial charge < -0.3 is 10.1 Å². The van der Waals surface area contributed by atoms with Crippen LogP contribution >= 0.6 is 0 Å². The number of carbonyl (C=O) groups excluding carboxylic acids is 1. The summed E-state index contributed by atoms with van der Waals surface area (Å²) in [4.78, 5) is 11.1. The summed E-state index contributed by atoms with van der Waals surface area (Å²) in [6.07, 6.45) is -4.78. The van der Waals surface area contributed by atoms with Crippen molar-refractivity contribution in [1.29, 1.82) is 0 Å². The number of hydrogen-bond acceptors (Lipinski definition) is 3. The van der Waals surface area contributed by atoms with Crippen molar-refractivity contribution in [3.8, 4) is 0 Å². The number of alkyl halides is 3. The second-order valence-electron chi connectivity index (χ2n) is 3.37. The maximum atomic E-state index is 12.0. The summed E-state index contributed by atoms with van der Waals surface area (Å²) in [5.41, 5.74) is 0. The maximum absolute atomic E-state index is 12.0. The van der Waals surface area contributed by atoms with Crippen LogP contribution in [0.5, 0.6) is 0 Å². The molecule has 0 saturated carbocycles. The van der Waals surface area contributed by atoms with Gasteiger partial charge in [-0.2, -0.15) is 13.2 Å². The third-order valence-electron chi connectivity index (χ3n) is 1.92. The van der Waals surface area contributed by atoms with E-state index in [4.69, 9.17) is 0 Å². The first-order chi connectivity index (χ1) is 6.80. The van der Waals surface area contributed by atoms with Crippen LogP contribution in [0, 0.1) is 0 Å². The summed E-state index contributed by atoms with van der Waals surface area (Å²) in [6, 6.07) is -1.47. The van der Waals surface area contributed by atoms with E-state index < -0.39 is 30.7 Å². The fourth-order valence-corrected chi connectivity index (χ4v) is 1.24. The average molecular weight is 227 g/mol. The van der Waals surface area contributed by atoms with Crippen LogP contribution in [-0.4, -0.2) is 31.3 Å². The first kappa shape index (κ1) is 14.2. The van der Waals surface area contributed by atoms with Gasteiger partial charge in [-0.3, -0.25) is 4.79 Å². The highest BCUT2D eigenvalue weighted by atomic mass is 19.4. The number of methoxy groups -OCH3 is 1. The number of halogens is 3. The molecule has 0 amide bonds. The Balaban J connectivity index is 4.13. The molecule has 0 aliphatic rings. The fourth-order valence-electron chi connectivity index (χ4n) is 1.24. The summed E-state index contributed by atoms with van der Waals surface area (Å²) in [7, 11) is 1.21. The largest absolute Gasteiger partial charge is 0.468 e. The molecule has 0 radical (unpaired) electrons. The van der Waals surface area contributed by atoms with Crippen LogP contribution in [-0.2, 0) is 9.53 Å². The lowest BCUT2D eigenvalue weighted by atomic mass is 10.1. The summed E-state index contributed by atoms with van der Waals surface area (Å²) in [6.45, 7) is 3.09. The molecular weight excluding hydrogens is 211 g/mol. The molecule has 0 aliphatic carbocycles. The van der Waals surface area contributed by atoms with Gasteiger partial charge in [-0.05, 0) is 13.3 Å². The van der Waals surface area contributed by atoms with Gasteiger partial charge in [-0.15, -0.1) is 0 Å². The van der Waals surface area contributed by atoms with Gasteiger partial charge in [0.15, 0.2) is 0 Å². The quantitative estimate of drug-likeness (QED) is 0.729. The van der Waals surface area contributed by atoms with Crippen molar-refractivity contribution in [2.24, 2.45) is 0 Å². The Morgan fingerprint density at radius 3 is 2.33 bits per heavy atom. The third kappa shape index (κ3) is 6.33. The molecule has 0 spiro atoms. The van der Waals surface area contributed by atoms with Gasteiger partial charge in [0.2, 0.25) is 0 Å². The minimum Gasteiger partial charge on any atom is -0.468 e. The number of ether oxygens (including phenoxy) is 1. The van der Waals surface area contributed by atoms with E-state index in [1.807, 2.05) is 0 Å². The minimum atomic E-state index is -4.22. The van der Waals surface area contributed by atoms with E-state index in [1.54, 1.807) is 6.92 Å². The van der Waals surface area contributed by atoms with Crippen molar-refractivity contribution in [1.82, 2.24) is 5.32 Å². The van der Waals surface area contributed by atoms with Crippen LogP contribution in [0.3, 0.4) is 0 Å². The van der Waals surface area contributed by atoms with E-state index in [0.29, 0.717) is 6.42 Å². The minimum absolute atomic E-state index is 0.398. The second-order valence-corrected chi connectivity index (χ2v) is 3.37. The smallest absolute Gasteiger partial charge is 0.390 e. The molecule has 90 valence electrons. The molecular formula is C9H16F3NO2. The maximum Gasteiger partial charge on any atom is 0.390 e. The molecule has 15 heavy (non-hydrogen) atoms. The van der Waals surface area contributed by atoms with Gasteiger partial charge in [0.05, 0.1) is 13.5 Å². The Hall–Kier alpha value is -0.780. The van der Waals surface area contributed by atoms with E-state index in [1.165, 1.54) is 14.0 Å². The molecule has 6 heteroatoms.